The number of nitrogen functional groups attached to an aromatic ring is 1. The van der Waals surface area contributed by atoms with Gasteiger partial charge in [0.15, 0.2) is 0 Å². The first-order chi connectivity index (χ1) is 12.8. The monoisotopic (exact) mass is 374 g/mol. The number of aryl methyl sites for hydroxylation is 1. The van der Waals surface area contributed by atoms with Crippen molar-refractivity contribution in [2.75, 3.05) is 67.2 Å². The van der Waals surface area contributed by atoms with Crippen LogP contribution in [0.3, 0.4) is 0 Å². The molecule has 0 radical (unpaired) electrons. The standard InChI is InChI=1S/C20H34N6O/c1-23(2)9-6-10-26-19-16-13-15(14-25(5)12-11-24(3)4)27-18(16)8-7-17(19)22-20(26)21/h7-8,15H,6,9-14H2,1-5H3,(H2,21,22). The predicted molar refractivity (Wildman–Crippen MR) is 111 cm³/mol. The topological polar surface area (TPSA) is 62.8 Å². The maximum absolute atomic E-state index is 6.25. The van der Waals surface area contributed by atoms with Gasteiger partial charge in [0.1, 0.15) is 11.9 Å². The molecule has 0 spiro atoms. The summed E-state index contributed by atoms with van der Waals surface area (Å²) < 4.78 is 8.42. The van der Waals surface area contributed by atoms with Crippen LogP contribution in [0.25, 0.3) is 11.0 Å². The van der Waals surface area contributed by atoms with Gasteiger partial charge >= 0.3 is 0 Å². The molecule has 0 bridgehead atoms. The van der Waals surface area contributed by atoms with Gasteiger partial charge in [-0.1, -0.05) is 0 Å². The van der Waals surface area contributed by atoms with E-state index in [1.54, 1.807) is 0 Å². The molecule has 1 aliphatic rings. The van der Waals surface area contributed by atoms with Gasteiger partial charge in [-0.25, -0.2) is 4.98 Å². The van der Waals surface area contributed by atoms with E-state index in [0.717, 1.165) is 62.3 Å². The largest absolute Gasteiger partial charge is 0.488 e. The van der Waals surface area contributed by atoms with E-state index < -0.39 is 0 Å². The maximum Gasteiger partial charge on any atom is 0.201 e. The van der Waals surface area contributed by atoms with Crippen molar-refractivity contribution >= 4 is 17.0 Å². The molecule has 1 atom stereocenters. The van der Waals surface area contributed by atoms with E-state index in [4.69, 9.17) is 10.5 Å². The Morgan fingerprint density at radius 3 is 2.56 bits per heavy atom. The van der Waals surface area contributed by atoms with Crippen LogP contribution in [0, 0.1) is 0 Å². The van der Waals surface area contributed by atoms with Gasteiger partial charge in [-0.3, -0.25) is 0 Å². The highest BCUT2D eigenvalue weighted by molar-refractivity contribution is 5.84. The number of nitrogens with two attached hydrogens (primary N) is 1. The van der Waals surface area contributed by atoms with Crippen molar-refractivity contribution in [1.29, 1.82) is 0 Å². The lowest BCUT2D eigenvalue weighted by molar-refractivity contribution is 0.162. The van der Waals surface area contributed by atoms with E-state index in [0.29, 0.717) is 5.95 Å². The summed E-state index contributed by atoms with van der Waals surface area (Å²) in [5, 5.41) is 0. The van der Waals surface area contributed by atoms with Crippen LogP contribution in [-0.4, -0.2) is 91.8 Å². The summed E-state index contributed by atoms with van der Waals surface area (Å²) in [6.45, 7) is 4.92. The normalized spacial score (nSPS) is 16.7. The first-order valence-corrected chi connectivity index (χ1v) is 9.77. The third-order valence-corrected chi connectivity index (χ3v) is 5.16. The van der Waals surface area contributed by atoms with Gasteiger partial charge in [0.25, 0.3) is 0 Å². The highest BCUT2D eigenvalue weighted by Crippen LogP contribution is 2.36. The predicted octanol–water partition coefficient (Wildman–Crippen LogP) is 1.37. The molecule has 27 heavy (non-hydrogen) atoms. The minimum absolute atomic E-state index is 0.184. The molecule has 0 saturated heterocycles. The Labute approximate surface area is 162 Å². The van der Waals surface area contributed by atoms with Crippen molar-refractivity contribution in [3.05, 3.63) is 17.7 Å². The molecule has 1 aliphatic heterocycles. The zero-order chi connectivity index (χ0) is 19.6. The van der Waals surface area contributed by atoms with Crippen LogP contribution in [-0.2, 0) is 13.0 Å². The van der Waals surface area contributed by atoms with Crippen LogP contribution < -0.4 is 10.5 Å². The average molecular weight is 375 g/mol. The van der Waals surface area contributed by atoms with Crippen LogP contribution in [0.2, 0.25) is 0 Å². The number of hydrogen-bond donors (Lipinski definition) is 1. The van der Waals surface area contributed by atoms with Gasteiger partial charge in [0, 0.05) is 38.2 Å². The summed E-state index contributed by atoms with van der Waals surface area (Å²) in [4.78, 5) is 11.3. The Balaban J connectivity index is 1.74. The Hall–Kier alpha value is -1.83. The number of aromatic nitrogens is 2. The molecule has 7 heteroatoms. The van der Waals surface area contributed by atoms with Crippen molar-refractivity contribution in [1.82, 2.24) is 24.3 Å². The smallest absolute Gasteiger partial charge is 0.201 e. The van der Waals surface area contributed by atoms with Gasteiger partial charge in [-0.05, 0) is 60.3 Å². The van der Waals surface area contributed by atoms with E-state index in [1.165, 1.54) is 5.56 Å². The average Bonchev–Trinajstić information content (AvgIpc) is 3.13. The van der Waals surface area contributed by atoms with Crippen LogP contribution in [0.4, 0.5) is 5.95 Å². The number of nitrogens with zero attached hydrogens (tertiary/aromatic N) is 5. The second-order valence-corrected chi connectivity index (χ2v) is 8.20. The molecule has 2 N–H and O–H groups in total. The summed E-state index contributed by atoms with van der Waals surface area (Å²) in [7, 11) is 10.6. The lowest BCUT2D eigenvalue weighted by atomic mass is 10.1. The summed E-state index contributed by atoms with van der Waals surface area (Å²) in [5.41, 5.74) is 9.62. The Kier molecular flexibility index (Phi) is 6.24. The fraction of sp³-hybridized carbons (Fsp3) is 0.650. The van der Waals surface area contributed by atoms with Crippen molar-refractivity contribution in [2.45, 2.75) is 25.5 Å². The SMILES string of the molecule is CN(C)CCCn1c(N)nc2ccc3c(c21)CC(CN(C)CCN(C)C)O3. The Morgan fingerprint density at radius 2 is 1.85 bits per heavy atom. The zero-order valence-electron chi connectivity index (χ0n) is 17.4. The number of imidazole rings is 1. The highest BCUT2D eigenvalue weighted by atomic mass is 16.5. The van der Waals surface area contributed by atoms with E-state index in [9.17, 15) is 0 Å². The number of ether oxygens (including phenoxy) is 1. The number of benzene rings is 1. The van der Waals surface area contributed by atoms with E-state index in [-0.39, 0.29) is 6.10 Å². The summed E-state index contributed by atoms with van der Waals surface area (Å²) in [6, 6.07) is 4.08. The fourth-order valence-corrected chi connectivity index (χ4v) is 3.73. The van der Waals surface area contributed by atoms with E-state index in [1.807, 2.05) is 12.1 Å². The van der Waals surface area contributed by atoms with Crippen LogP contribution in [0.5, 0.6) is 5.75 Å². The highest BCUT2D eigenvalue weighted by Gasteiger charge is 2.28. The first kappa shape index (κ1) is 19.9. The molecule has 1 aromatic heterocycles. The minimum Gasteiger partial charge on any atom is -0.488 e. The summed E-state index contributed by atoms with van der Waals surface area (Å²) >= 11 is 0. The summed E-state index contributed by atoms with van der Waals surface area (Å²) in [6.07, 6.45) is 2.14. The van der Waals surface area contributed by atoms with Gasteiger partial charge in [0.2, 0.25) is 5.95 Å². The Bertz CT molecular complexity index is 769. The zero-order valence-corrected chi connectivity index (χ0v) is 17.4. The lowest BCUT2D eigenvalue weighted by Gasteiger charge is -2.22. The molecule has 2 aromatic rings. The van der Waals surface area contributed by atoms with Crippen molar-refractivity contribution in [3.8, 4) is 5.75 Å². The van der Waals surface area contributed by atoms with Crippen LogP contribution in [0.15, 0.2) is 12.1 Å². The van der Waals surface area contributed by atoms with Gasteiger partial charge < -0.3 is 29.7 Å². The number of likely N-dealkylation sites (N-methyl/N-ethyl adjacent to an activating group) is 2. The molecular weight excluding hydrogens is 340 g/mol. The number of fused-ring (bicyclic) bond motifs is 3. The lowest BCUT2D eigenvalue weighted by Crippen LogP contribution is -2.36. The molecule has 1 aromatic carbocycles. The first-order valence-electron chi connectivity index (χ1n) is 9.77. The van der Waals surface area contributed by atoms with Crippen LogP contribution in [0.1, 0.15) is 12.0 Å². The van der Waals surface area contributed by atoms with Crippen LogP contribution >= 0.6 is 0 Å². The molecule has 0 amide bonds. The van der Waals surface area contributed by atoms with Crippen molar-refractivity contribution in [3.63, 3.8) is 0 Å². The number of hydrogen-bond acceptors (Lipinski definition) is 6. The fourth-order valence-electron chi connectivity index (χ4n) is 3.73. The third-order valence-electron chi connectivity index (χ3n) is 5.16. The molecule has 0 aliphatic carbocycles. The van der Waals surface area contributed by atoms with Gasteiger partial charge in [0.05, 0.1) is 11.0 Å². The van der Waals surface area contributed by atoms with Crippen molar-refractivity contribution in [2.24, 2.45) is 0 Å². The molecule has 7 nitrogen and oxygen atoms in total. The van der Waals surface area contributed by atoms with Crippen molar-refractivity contribution < 1.29 is 4.74 Å². The minimum atomic E-state index is 0.184. The third kappa shape index (κ3) is 4.72. The summed E-state index contributed by atoms with van der Waals surface area (Å²) in [5.74, 6) is 1.59. The molecule has 3 rings (SSSR count). The second-order valence-electron chi connectivity index (χ2n) is 8.20. The van der Waals surface area contributed by atoms with Gasteiger partial charge in [-0.15, -0.1) is 0 Å². The molecule has 2 heterocycles. The molecule has 1 unspecified atom stereocenters. The quantitative estimate of drug-likeness (QED) is 0.715. The Morgan fingerprint density at radius 1 is 1.11 bits per heavy atom. The van der Waals surface area contributed by atoms with E-state index >= 15 is 0 Å². The van der Waals surface area contributed by atoms with Gasteiger partial charge in [-0.2, -0.15) is 0 Å². The molecule has 0 fully saturated rings. The number of anilines is 1. The molecular formula is C20H34N6O. The number of rotatable bonds is 9. The molecule has 150 valence electrons. The van der Waals surface area contributed by atoms with E-state index in [2.05, 4.69) is 59.5 Å². The second kappa shape index (κ2) is 8.46. The molecule has 0 saturated carbocycles. The maximum atomic E-state index is 6.25.